The Hall–Kier alpha value is -3.84. The number of carbonyl (C=O) groups excluding carboxylic acids is 2. The van der Waals surface area contributed by atoms with E-state index in [9.17, 15) is 19.1 Å². The predicted molar refractivity (Wildman–Crippen MR) is 122 cm³/mol. The highest BCUT2D eigenvalue weighted by Crippen LogP contribution is 2.44. The van der Waals surface area contributed by atoms with Crippen LogP contribution in [0.1, 0.15) is 17.2 Å². The number of hydrogen-bond acceptors (Lipinski definition) is 5. The van der Waals surface area contributed by atoms with E-state index in [0.717, 1.165) is 4.90 Å². The number of aliphatic hydroxyl groups is 1. The van der Waals surface area contributed by atoms with Gasteiger partial charge in [-0.25, -0.2) is 4.39 Å². The van der Waals surface area contributed by atoms with E-state index in [-0.39, 0.29) is 21.7 Å². The van der Waals surface area contributed by atoms with Crippen molar-refractivity contribution in [3.63, 3.8) is 0 Å². The Labute approximate surface area is 194 Å². The van der Waals surface area contributed by atoms with E-state index in [1.165, 1.54) is 44.6 Å². The maximum Gasteiger partial charge on any atom is 0.300 e. The van der Waals surface area contributed by atoms with Crippen LogP contribution in [0.15, 0.2) is 72.3 Å². The summed E-state index contributed by atoms with van der Waals surface area (Å²) in [5.41, 5.74) is 0.143. The van der Waals surface area contributed by atoms with E-state index < -0.39 is 29.3 Å². The highest BCUT2D eigenvalue weighted by molar-refractivity contribution is 6.52. The van der Waals surface area contributed by atoms with Crippen LogP contribution in [-0.2, 0) is 9.59 Å². The average Bonchev–Trinajstić information content (AvgIpc) is 3.09. The van der Waals surface area contributed by atoms with E-state index >= 15 is 0 Å². The fourth-order valence-corrected chi connectivity index (χ4v) is 4.02. The van der Waals surface area contributed by atoms with Gasteiger partial charge in [0, 0.05) is 22.9 Å². The molecule has 0 bridgehead atoms. The minimum absolute atomic E-state index is 0.0417. The lowest BCUT2D eigenvalue weighted by atomic mass is 9.94. The van der Waals surface area contributed by atoms with Gasteiger partial charge in [-0.3, -0.25) is 14.5 Å². The highest BCUT2D eigenvalue weighted by atomic mass is 35.5. The van der Waals surface area contributed by atoms with Gasteiger partial charge in [0.15, 0.2) is 0 Å². The molecule has 1 atom stereocenters. The molecule has 0 spiro atoms. The summed E-state index contributed by atoms with van der Waals surface area (Å²) < 4.78 is 25.4. The molecule has 1 unspecified atom stereocenters. The Morgan fingerprint density at radius 3 is 2.36 bits per heavy atom. The molecular weight excluding hydrogens is 449 g/mol. The molecule has 1 saturated heterocycles. The molecular formula is C25H19ClFNO5. The molecule has 3 aromatic rings. The number of halogens is 2. The monoisotopic (exact) mass is 467 g/mol. The normalized spacial score (nSPS) is 17.3. The van der Waals surface area contributed by atoms with Gasteiger partial charge in [-0.05, 0) is 36.4 Å². The molecule has 1 aliphatic rings. The zero-order valence-electron chi connectivity index (χ0n) is 17.7. The molecule has 1 aliphatic heterocycles. The van der Waals surface area contributed by atoms with Gasteiger partial charge in [-0.2, -0.15) is 0 Å². The summed E-state index contributed by atoms with van der Waals surface area (Å²) in [6.45, 7) is 0. The number of carbonyl (C=O) groups is 2. The van der Waals surface area contributed by atoms with E-state index in [2.05, 4.69) is 0 Å². The van der Waals surface area contributed by atoms with Crippen molar-refractivity contribution < 1.29 is 28.6 Å². The molecule has 4 rings (SSSR count). The van der Waals surface area contributed by atoms with Crippen molar-refractivity contribution in [3.8, 4) is 11.5 Å². The Balaban J connectivity index is 2.00. The zero-order chi connectivity index (χ0) is 23.7. The maximum absolute atomic E-state index is 14.9. The van der Waals surface area contributed by atoms with E-state index in [0.29, 0.717) is 17.2 Å². The molecule has 8 heteroatoms. The molecule has 0 aromatic heterocycles. The van der Waals surface area contributed by atoms with Crippen LogP contribution in [-0.4, -0.2) is 31.0 Å². The molecule has 1 fully saturated rings. The first-order valence-corrected chi connectivity index (χ1v) is 10.3. The second kappa shape index (κ2) is 8.96. The van der Waals surface area contributed by atoms with Crippen molar-refractivity contribution in [2.75, 3.05) is 19.1 Å². The number of nitrogens with zero attached hydrogens (tertiary/aromatic N) is 1. The fraction of sp³-hybridized carbons (Fsp3) is 0.120. The van der Waals surface area contributed by atoms with Crippen molar-refractivity contribution in [2.24, 2.45) is 0 Å². The van der Waals surface area contributed by atoms with Crippen LogP contribution >= 0.6 is 11.6 Å². The first-order valence-electron chi connectivity index (χ1n) is 9.90. The van der Waals surface area contributed by atoms with Gasteiger partial charge in [0.2, 0.25) is 0 Å². The minimum Gasteiger partial charge on any atom is -0.507 e. The summed E-state index contributed by atoms with van der Waals surface area (Å²) in [6.07, 6.45) is 0. The molecule has 1 N–H and O–H groups in total. The number of rotatable bonds is 5. The number of Topliss-reactive ketones (excluding diaryl/α,β-unsaturated/α-hetero) is 1. The molecule has 0 radical (unpaired) electrons. The van der Waals surface area contributed by atoms with Crippen molar-refractivity contribution in [2.45, 2.75) is 6.04 Å². The van der Waals surface area contributed by atoms with Gasteiger partial charge in [0.25, 0.3) is 11.7 Å². The molecule has 0 aliphatic carbocycles. The maximum atomic E-state index is 14.9. The molecule has 1 amide bonds. The van der Waals surface area contributed by atoms with Gasteiger partial charge in [-0.1, -0.05) is 35.9 Å². The van der Waals surface area contributed by atoms with Crippen LogP contribution in [0.5, 0.6) is 11.5 Å². The van der Waals surface area contributed by atoms with Crippen molar-refractivity contribution in [1.29, 1.82) is 0 Å². The summed E-state index contributed by atoms with van der Waals surface area (Å²) in [7, 11) is 2.90. The van der Waals surface area contributed by atoms with Crippen LogP contribution in [0.2, 0.25) is 5.02 Å². The van der Waals surface area contributed by atoms with Gasteiger partial charge < -0.3 is 14.6 Å². The minimum atomic E-state index is -1.24. The quantitative estimate of drug-likeness (QED) is 0.320. The molecule has 33 heavy (non-hydrogen) atoms. The second-order valence-electron chi connectivity index (χ2n) is 7.24. The standard InChI is InChI=1S/C25H19ClFNO5/c1-32-15-7-5-6-14(12-15)28-22(17-8-3-4-9-20(17)27)21(24(30)25(28)31)23(29)18-13-16(33-2)10-11-19(18)26/h3-13,22,29H,1-2H3/b23-21+. The van der Waals surface area contributed by atoms with Crippen LogP contribution < -0.4 is 14.4 Å². The third-order valence-corrected chi connectivity index (χ3v) is 5.73. The first kappa shape index (κ1) is 22.4. The Kier molecular flexibility index (Phi) is 6.07. The number of benzene rings is 3. The van der Waals surface area contributed by atoms with E-state index in [1.807, 2.05) is 0 Å². The van der Waals surface area contributed by atoms with Crippen LogP contribution in [0.25, 0.3) is 5.76 Å². The van der Waals surface area contributed by atoms with Gasteiger partial charge in [0.1, 0.15) is 23.1 Å². The summed E-state index contributed by atoms with van der Waals surface area (Å²) in [6, 6.07) is 15.5. The van der Waals surface area contributed by atoms with Gasteiger partial charge in [-0.15, -0.1) is 0 Å². The molecule has 1 heterocycles. The smallest absolute Gasteiger partial charge is 0.300 e. The Morgan fingerprint density at radius 1 is 0.970 bits per heavy atom. The summed E-state index contributed by atoms with van der Waals surface area (Å²) in [4.78, 5) is 27.5. The van der Waals surface area contributed by atoms with Crippen molar-refractivity contribution >= 4 is 34.7 Å². The number of amides is 1. The SMILES string of the molecule is COc1cccc(N2C(=O)C(=O)/C(=C(/O)c3cc(OC)ccc3Cl)C2c2ccccc2F)c1. The second-order valence-corrected chi connectivity index (χ2v) is 7.65. The zero-order valence-corrected chi connectivity index (χ0v) is 18.5. The lowest BCUT2D eigenvalue weighted by molar-refractivity contribution is -0.132. The van der Waals surface area contributed by atoms with Gasteiger partial charge in [0.05, 0.1) is 30.9 Å². The summed E-state index contributed by atoms with van der Waals surface area (Å²) >= 11 is 6.28. The predicted octanol–water partition coefficient (Wildman–Crippen LogP) is 5.12. The van der Waals surface area contributed by atoms with Crippen molar-refractivity contribution in [3.05, 3.63) is 94.3 Å². The summed E-state index contributed by atoms with van der Waals surface area (Å²) in [5.74, 6) is -2.24. The lowest BCUT2D eigenvalue weighted by Gasteiger charge is -2.26. The number of aliphatic hydroxyl groups excluding tert-OH is 1. The Bertz CT molecular complexity index is 1290. The average molecular weight is 468 g/mol. The number of ketones is 1. The fourth-order valence-electron chi connectivity index (χ4n) is 3.81. The number of ether oxygens (including phenoxy) is 2. The van der Waals surface area contributed by atoms with E-state index in [1.54, 1.807) is 36.4 Å². The highest BCUT2D eigenvalue weighted by Gasteiger charge is 2.48. The van der Waals surface area contributed by atoms with E-state index in [4.69, 9.17) is 21.1 Å². The largest absolute Gasteiger partial charge is 0.507 e. The van der Waals surface area contributed by atoms with Crippen LogP contribution in [0.4, 0.5) is 10.1 Å². The number of methoxy groups -OCH3 is 2. The first-order chi connectivity index (χ1) is 15.9. The topological polar surface area (TPSA) is 76.1 Å². The number of hydrogen-bond donors (Lipinski definition) is 1. The third kappa shape index (κ3) is 3.91. The summed E-state index contributed by atoms with van der Waals surface area (Å²) in [5, 5.41) is 11.3. The van der Waals surface area contributed by atoms with Crippen LogP contribution in [0, 0.1) is 5.82 Å². The lowest BCUT2D eigenvalue weighted by Crippen LogP contribution is -2.29. The third-order valence-electron chi connectivity index (χ3n) is 5.40. The molecule has 6 nitrogen and oxygen atoms in total. The molecule has 168 valence electrons. The molecule has 3 aromatic carbocycles. The Morgan fingerprint density at radius 2 is 1.67 bits per heavy atom. The van der Waals surface area contributed by atoms with Crippen molar-refractivity contribution in [1.82, 2.24) is 0 Å². The molecule has 0 saturated carbocycles. The van der Waals surface area contributed by atoms with Crippen LogP contribution in [0.3, 0.4) is 0 Å². The number of anilines is 1. The van der Waals surface area contributed by atoms with Gasteiger partial charge >= 0.3 is 0 Å².